The molecule has 1 aromatic carbocycles. The van der Waals surface area contributed by atoms with Crippen LogP contribution in [0.1, 0.15) is 18.4 Å². The zero-order valence-corrected chi connectivity index (χ0v) is 16.1. The van der Waals surface area contributed by atoms with E-state index in [0.29, 0.717) is 25.6 Å². The zero-order valence-electron chi connectivity index (χ0n) is 16.1. The zero-order chi connectivity index (χ0) is 19.5. The Balaban J connectivity index is 1.22. The number of benzene rings is 1. The number of piperazine rings is 1. The van der Waals surface area contributed by atoms with Gasteiger partial charge < -0.3 is 20.5 Å². The molecule has 2 fully saturated rings. The molecule has 0 atom stereocenters. The molecule has 7 heteroatoms. The van der Waals surface area contributed by atoms with E-state index in [9.17, 15) is 9.59 Å². The maximum absolute atomic E-state index is 12.6. The molecular weight excluding hydrogens is 354 g/mol. The van der Waals surface area contributed by atoms with Gasteiger partial charge in [0.2, 0.25) is 5.91 Å². The van der Waals surface area contributed by atoms with Crippen LogP contribution in [0.4, 0.5) is 4.79 Å². The van der Waals surface area contributed by atoms with Crippen molar-refractivity contribution in [2.75, 3.05) is 39.3 Å². The van der Waals surface area contributed by atoms with E-state index in [1.807, 2.05) is 11.1 Å². The van der Waals surface area contributed by atoms with Crippen LogP contribution in [0.2, 0.25) is 0 Å². The highest BCUT2D eigenvalue weighted by Gasteiger charge is 2.29. The number of nitrogens with zero attached hydrogens (tertiary/aromatic N) is 3. The number of H-pyrrole nitrogens is 1. The topological polar surface area (TPSA) is 85.7 Å². The number of aromatic nitrogens is 1. The largest absolute Gasteiger partial charge is 0.361 e. The Kier molecular flexibility index (Phi) is 5.52. The summed E-state index contributed by atoms with van der Waals surface area (Å²) in [7, 11) is 0. The van der Waals surface area contributed by atoms with Gasteiger partial charge in [-0.2, -0.15) is 0 Å². The van der Waals surface area contributed by atoms with Crippen LogP contribution in [0.25, 0.3) is 10.9 Å². The second-order valence-corrected chi connectivity index (χ2v) is 7.73. The van der Waals surface area contributed by atoms with Gasteiger partial charge in [-0.1, -0.05) is 6.07 Å². The molecule has 1 aromatic heterocycles. The number of hydrogen-bond acceptors (Lipinski definition) is 3. The number of urea groups is 1. The Morgan fingerprint density at radius 1 is 1.04 bits per heavy atom. The Morgan fingerprint density at radius 3 is 2.50 bits per heavy atom. The number of hydrogen-bond donors (Lipinski definition) is 2. The number of likely N-dealkylation sites (tertiary alicyclic amines) is 1. The monoisotopic (exact) mass is 382 g/mol. The predicted octanol–water partition coefficient (Wildman–Crippen LogP) is 1.60. The molecule has 2 saturated heterocycles. The van der Waals surface area contributed by atoms with E-state index in [1.54, 1.807) is 11.3 Å². The highest BCUT2D eigenvalue weighted by molar-refractivity contribution is 5.86. The first kappa shape index (κ1) is 18.8. The average Bonchev–Trinajstić information content (AvgIpc) is 3.20. The fraction of sp³-hybridized carbons (Fsp3) is 0.476. The lowest BCUT2D eigenvalue weighted by molar-refractivity contribution is -0.129. The van der Waals surface area contributed by atoms with Gasteiger partial charge in [0.25, 0.3) is 0 Å². The van der Waals surface area contributed by atoms with Gasteiger partial charge in [-0.15, -0.1) is 0 Å². The molecule has 2 aliphatic rings. The first-order valence-electron chi connectivity index (χ1n) is 10.1. The van der Waals surface area contributed by atoms with Crippen molar-refractivity contribution in [3.8, 4) is 0 Å². The molecule has 0 spiro atoms. The van der Waals surface area contributed by atoms with Gasteiger partial charge in [0.05, 0.1) is 6.42 Å². The molecule has 0 unspecified atom stereocenters. The summed E-state index contributed by atoms with van der Waals surface area (Å²) in [5, 5.41) is 1.18. The maximum atomic E-state index is 12.6. The number of rotatable bonds is 4. The van der Waals surface area contributed by atoms with Crippen molar-refractivity contribution < 1.29 is 9.59 Å². The van der Waals surface area contributed by atoms with Gasteiger partial charge in [0.15, 0.2) is 0 Å². The van der Waals surface area contributed by atoms with E-state index in [4.69, 9.17) is 5.73 Å². The molecule has 4 rings (SSSR count). The molecule has 0 bridgehead atoms. The molecule has 0 saturated carbocycles. The van der Waals surface area contributed by atoms with Crippen LogP contribution in [0.3, 0.4) is 0 Å². The number of primary amides is 1. The van der Waals surface area contributed by atoms with Crippen LogP contribution in [-0.4, -0.2) is 76.9 Å². The van der Waals surface area contributed by atoms with Crippen molar-refractivity contribution in [3.63, 3.8) is 0 Å². The Morgan fingerprint density at radius 2 is 1.79 bits per heavy atom. The fourth-order valence-corrected chi connectivity index (χ4v) is 4.32. The summed E-state index contributed by atoms with van der Waals surface area (Å²) in [6.07, 6.45) is 6.38. The molecule has 2 aliphatic heterocycles. The molecule has 3 amide bonds. The Hall–Kier alpha value is -2.54. The second-order valence-electron chi connectivity index (χ2n) is 7.73. The summed E-state index contributed by atoms with van der Waals surface area (Å²) in [5.74, 6) is 0.131. The Labute approximate surface area is 165 Å². The normalized spacial score (nSPS) is 19.3. The molecule has 3 N–H and O–H groups in total. The summed E-state index contributed by atoms with van der Waals surface area (Å²) >= 11 is 0. The first-order chi connectivity index (χ1) is 13.6. The van der Waals surface area contributed by atoms with Crippen molar-refractivity contribution in [1.82, 2.24) is 19.7 Å². The van der Waals surface area contributed by atoms with Crippen molar-refractivity contribution in [2.24, 2.45) is 5.73 Å². The molecule has 149 valence electrons. The smallest absolute Gasteiger partial charge is 0.314 e. The number of aromatic amines is 1. The number of amides is 3. The highest BCUT2D eigenvalue weighted by Crippen LogP contribution is 2.20. The summed E-state index contributed by atoms with van der Waals surface area (Å²) in [6, 6.07) is 8.48. The molecular formula is C21H28N5O2. The molecule has 0 aliphatic carbocycles. The fourth-order valence-electron chi connectivity index (χ4n) is 4.32. The number of carbonyl (C=O) groups is 2. The first-order valence-corrected chi connectivity index (χ1v) is 10.1. The standard InChI is InChI=1S/C21H28N5O2/c22-21(28)26-13-11-24(12-14-26)18-6-9-25(10-7-18)20(27)4-2-16-1-3-19-17(15-16)5-8-23-19/h1,3-5,8,15,18,23H,2,6-7,9-14H2,(H2,22,28). The minimum Gasteiger partial charge on any atom is -0.361 e. The van der Waals surface area contributed by atoms with Gasteiger partial charge in [0.1, 0.15) is 0 Å². The van der Waals surface area contributed by atoms with Gasteiger partial charge >= 0.3 is 6.03 Å². The summed E-state index contributed by atoms with van der Waals surface area (Å²) < 4.78 is 0. The molecule has 7 nitrogen and oxygen atoms in total. The number of nitrogens with two attached hydrogens (primary N) is 1. The van der Waals surface area contributed by atoms with Crippen LogP contribution in [-0.2, 0) is 11.2 Å². The van der Waals surface area contributed by atoms with E-state index in [-0.39, 0.29) is 11.9 Å². The highest BCUT2D eigenvalue weighted by atomic mass is 16.2. The molecule has 3 heterocycles. The predicted molar refractivity (Wildman–Crippen MR) is 109 cm³/mol. The third kappa shape index (κ3) is 4.14. The minimum absolute atomic E-state index is 0.131. The lowest BCUT2D eigenvalue weighted by Gasteiger charge is -2.42. The van der Waals surface area contributed by atoms with Crippen molar-refractivity contribution in [3.05, 3.63) is 42.4 Å². The average molecular weight is 382 g/mol. The van der Waals surface area contributed by atoms with Crippen molar-refractivity contribution in [2.45, 2.75) is 25.3 Å². The van der Waals surface area contributed by atoms with Gasteiger partial charge in [-0.25, -0.2) is 4.79 Å². The van der Waals surface area contributed by atoms with E-state index in [2.05, 4.69) is 34.1 Å². The second kappa shape index (κ2) is 8.22. The lowest BCUT2D eigenvalue weighted by atomic mass is 10.0. The van der Waals surface area contributed by atoms with Crippen LogP contribution >= 0.6 is 0 Å². The van der Waals surface area contributed by atoms with Crippen LogP contribution in [0, 0.1) is 6.42 Å². The number of nitrogens with one attached hydrogen (secondary N) is 1. The molecule has 2 aromatic rings. The minimum atomic E-state index is -0.328. The third-order valence-electron chi connectivity index (χ3n) is 6.05. The van der Waals surface area contributed by atoms with E-state index >= 15 is 0 Å². The number of carbonyl (C=O) groups excluding carboxylic acids is 2. The van der Waals surface area contributed by atoms with Gasteiger partial charge in [-0.3, -0.25) is 9.69 Å². The van der Waals surface area contributed by atoms with Gasteiger partial charge in [0, 0.05) is 57.0 Å². The SMILES string of the molecule is NC(=O)N1CCN(C2CCN(C(=O)[CH]Cc3ccc4[nH]ccc4c3)CC2)CC1. The summed E-state index contributed by atoms with van der Waals surface area (Å²) in [5.41, 5.74) is 7.63. The van der Waals surface area contributed by atoms with Crippen molar-refractivity contribution in [1.29, 1.82) is 0 Å². The summed E-state index contributed by atoms with van der Waals surface area (Å²) in [4.78, 5) is 33.1. The number of fused-ring (bicyclic) bond motifs is 1. The van der Waals surface area contributed by atoms with E-state index in [1.165, 1.54) is 5.39 Å². The molecule has 1 radical (unpaired) electrons. The molecule has 28 heavy (non-hydrogen) atoms. The van der Waals surface area contributed by atoms with E-state index in [0.717, 1.165) is 50.1 Å². The Bertz CT molecular complexity index is 832. The maximum Gasteiger partial charge on any atom is 0.314 e. The quantitative estimate of drug-likeness (QED) is 0.842. The van der Waals surface area contributed by atoms with Crippen LogP contribution < -0.4 is 5.73 Å². The third-order valence-corrected chi connectivity index (χ3v) is 6.05. The van der Waals surface area contributed by atoms with E-state index < -0.39 is 0 Å². The van der Waals surface area contributed by atoms with Crippen LogP contribution in [0.5, 0.6) is 0 Å². The van der Waals surface area contributed by atoms with Crippen LogP contribution in [0.15, 0.2) is 30.5 Å². The lowest BCUT2D eigenvalue weighted by Crippen LogP contribution is -2.55. The summed E-state index contributed by atoms with van der Waals surface area (Å²) in [6.45, 7) is 4.74. The number of piperidine rings is 1. The van der Waals surface area contributed by atoms with Gasteiger partial charge in [-0.05, 0) is 48.4 Å². The van der Waals surface area contributed by atoms with Crippen molar-refractivity contribution >= 4 is 22.8 Å².